The summed E-state index contributed by atoms with van der Waals surface area (Å²) < 4.78 is 18.7. The second-order valence-corrected chi connectivity index (χ2v) is 12.5. The molecule has 3 aromatic carbocycles. The molecule has 0 aliphatic carbocycles. The Morgan fingerprint density at radius 2 is 1.64 bits per heavy atom. The molecule has 234 valence electrons. The first-order valence-corrected chi connectivity index (χ1v) is 15.3. The van der Waals surface area contributed by atoms with Gasteiger partial charge < -0.3 is 30.0 Å². The van der Waals surface area contributed by atoms with E-state index in [2.05, 4.69) is 15.5 Å². The van der Waals surface area contributed by atoms with Crippen molar-refractivity contribution in [2.45, 2.75) is 83.3 Å². The van der Waals surface area contributed by atoms with Gasteiger partial charge >= 0.3 is 12.0 Å². The lowest BCUT2D eigenvalue weighted by Crippen LogP contribution is -2.45. The van der Waals surface area contributed by atoms with Crippen LogP contribution in [0.2, 0.25) is 0 Å². The van der Waals surface area contributed by atoms with Crippen LogP contribution in [-0.4, -0.2) is 52.8 Å². The Hall–Kier alpha value is -3.76. The largest absolute Gasteiger partial charge is 0.459 e. The summed E-state index contributed by atoms with van der Waals surface area (Å²) in [5.41, 5.74) is 3.79. The van der Waals surface area contributed by atoms with Crippen molar-refractivity contribution in [1.29, 1.82) is 0 Å². The predicted octanol–water partition coefficient (Wildman–Crippen LogP) is 5.85. The van der Waals surface area contributed by atoms with Crippen LogP contribution in [-0.2, 0) is 32.2 Å². The lowest BCUT2D eigenvalue weighted by molar-refractivity contribution is -0.253. The molecule has 9 nitrogen and oxygen atoms in total. The first-order chi connectivity index (χ1) is 21.2. The van der Waals surface area contributed by atoms with Crippen molar-refractivity contribution in [2.75, 3.05) is 18.4 Å². The number of carbonyl (C=O) groups excluding carboxylic acids is 2. The first kappa shape index (κ1) is 31.7. The Balaban J connectivity index is 1.27. The van der Waals surface area contributed by atoms with E-state index in [4.69, 9.17) is 14.2 Å². The third kappa shape index (κ3) is 8.66. The van der Waals surface area contributed by atoms with Crippen molar-refractivity contribution in [2.24, 2.45) is 0 Å². The van der Waals surface area contributed by atoms with Crippen LogP contribution in [0.3, 0.4) is 0 Å². The molecule has 4 atom stereocenters. The van der Waals surface area contributed by atoms with Gasteiger partial charge in [-0.25, -0.2) is 4.79 Å². The Bertz CT molecular complexity index is 1370. The number of ether oxygens (including phenoxy) is 3. The number of urea groups is 1. The van der Waals surface area contributed by atoms with E-state index in [1.807, 2.05) is 99.6 Å². The quantitative estimate of drug-likeness (QED) is 0.264. The zero-order chi connectivity index (χ0) is 31.1. The molecule has 3 N–H and O–H groups in total. The van der Waals surface area contributed by atoms with Gasteiger partial charge in [-0.2, -0.15) is 0 Å². The molecule has 44 heavy (non-hydrogen) atoms. The lowest BCUT2D eigenvalue weighted by Gasteiger charge is -2.38. The van der Waals surface area contributed by atoms with Gasteiger partial charge in [0.15, 0.2) is 6.29 Å². The van der Waals surface area contributed by atoms with Gasteiger partial charge in [-0.15, -0.1) is 0 Å². The molecule has 2 aliphatic rings. The van der Waals surface area contributed by atoms with E-state index in [1.54, 1.807) is 0 Å². The zero-order valence-corrected chi connectivity index (χ0v) is 25.7. The second kappa shape index (κ2) is 14.3. The number of hydrogen-bond acceptors (Lipinski definition) is 7. The minimum absolute atomic E-state index is 0.0220. The number of nitrogens with one attached hydrogen (secondary N) is 2. The predicted molar refractivity (Wildman–Crippen MR) is 168 cm³/mol. The highest BCUT2D eigenvalue weighted by Crippen LogP contribution is 2.39. The van der Waals surface area contributed by atoms with Gasteiger partial charge in [-0.3, -0.25) is 9.69 Å². The van der Waals surface area contributed by atoms with E-state index in [-0.39, 0.29) is 36.9 Å². The molecule has 0 spiro atoms. The van der Waals surface area contributed by atoms with E-state index in [0.29, 0.717) is 25.2 Å². The number of carbonyl (C=O) groups is 2. The number of hydrogen-bond donors (Lipinski definition) is 3. The van der Waals surface area contributed by atoms with Crippen molar-refractivity contribution in [3.8, 4) is 0 Å². The fourth-order valence-corrected chi connectivity index (χ4v) is 5.65. The van der Waals surface area contributed by atoms with Crippen LogP contribution >= 0.6 is 0 Å². The number of amides is 2. The summed E-state index contributed by atoms with van der Waals surface area (Å²) in [6, 6.07) is 24.4. The Morgan fingerprint density at radius 1 is 0.932 bits per heavy atom. The van der Waals surface area contributed by atoms with Gasteiger partial charge in [0.25, 0.3) is 0 Å². The maximum atomic E-state index is 13.0. The topological polar surface area (TPSA) is 109 Å². The molecule has 2 saturated heterocycles. The Morgan fingerprint density at radius 3 is 2.32 bits per heavy atom. The first-order valence-electron chi connectivity index (χ1n) is 15.3. The maximum Gasteiger partial charge on any atom is 0.323 e. The minimum atomic E-state index is -0.639. The van der Waals surface area contributed by atoms with E-state index in [9.17, 15) is 14.7 Å². The number of nitrogens with zero attached hydrogens (tertiary/aromatic N) is 1. The molecular formula is C35H43N3O6. The van der Waals surface area contributed by atoms with Gasteiger partial charge in [0.2, 0.25) is 0 Å². The molecule has 2 fully saturated rings. The summed E-state index contributed by atoms with van der Waals surface area (Å²) >= 11 is 0. The summed E-state index contributed by atoms with van der Waals surface area (Å²) in [6.07, 6.45) is 1.24. The molecule has 0 aromatic heterocycles. The summed E-state index contributed by atoms with van der Waals surface area (Å²) in [6.45, 7) is 7.46. The van der Waals surface area contributed by atoms with Crippen molar-refractivity contribution in [3.05, 3.63) is 101 Å². The van der Waals surface area contributed by atoms with Crippen LogP contribution in [0.1, 0.15) is 74.7 Å². The highest BCUT2D eigenvalue weighted by Gasteiger charge is 2.38. The average Bonchev–Trinajstić information content (AvgIpc) is 3.48. The average molecular weight is 602 g/mol. The number of aliphatic hydroxyl groups excluding tert-OH is 1. The molecule has 2 aliphatic heterocycles. The fourth-order valence-electron chi connectivity index (χ4n) is 5.65. The van der Waals surface area contributed by atoms with Gasteiger partial charge in [-0.05, 0) is 69.0 Å². The lowest BCUT2D eigenvalue weighted by atomic mass is 9.99. The SMILES string of the molecule is CC(C)(C)OC(=O)[C@@H]1CCCN1C[C@H]1C[C@@H](c2ccc(CO)cc2)O[C@@H](c2ccc(NC(=O)NCc3ccccc3)cc2)O1. The molecular weight excluding hydrogens is 558 g/mol. The van der Waals surface area contributed by atoms with Gasteiger partial charge in [0.1, 0.15) is 11.6 Å². The molecule has 5 rings (SSSR count). The highest BCUT2D eigenvalue weighted by atomic mass is 16.7. The monoisotopic (exact) mass is 601 g/mol. The van der Waals surface area contributed by atoms with E-state index in [0.717, 1.165) is 41.6 Å². The number of aliphatic hydroxyl groups is 1. The summed E-state index contributed by atoms with van der Waals surface area (Å²) in [4.78, 5) is 27.6. The van der Waals surface area contributed by atoms with Crippen molar-refractivity contribution < 1.29 is 28.9 Å². The Labute approximate surface area is 259 Å². The number of rotatable bonds is 9. The minimum Gasteiger partial charge on any atom is -0.459 e. The molecule has 3 aromatic rings. The standard InChI is InChI=1S/C35H43N3O6/c1-35(2,3)44-32(40)30-10-7-19-38(30)22-29-20-31(26-13-11-25(23-39)12-14-26)43-33(42-29)27-15-17-28(18-16-27)37-34(41)36-21-24-8-5-4-6-9-24/h4-6,8-9,11-18,29-31,33,39H,7,10,19-23H2,1-3H3,(H2,36,37,41)/t29-,30+,31+,33+/m1/s1. The molecule has 0 radical (unpaired) electrons. The smallest absolute Gasteiger partial charge is 0.323 e. The van der Waals surface area contributed by atoms with Crippen LogP contribution < -0.4 is 10.6 Å². The third-order valence-corrected chi connectivity index (χ3v) is 7.83. The third-order valence-electron chi connectivity index (χ3n) is 7.83. The molecule has 2 heterocycles. The van der Waals surface area contributed by atoms with Crippen molar-refractivity contribution in [3.63, 3.8) is 0 Å². The normalized spacial score (nSPS) is 22.4. The van der Waals surface area contributed by atoms with E-state index in [1.165, 1.54) is 0 Å². The van der Waals surface area contributed by atoms with Crippen LogP contribution in [0, 0.1) is 0 Å². The Kier molecular flexibility index (Phi) is 10.3. The number of benzene rings is 3. The molecule has 9 heteroatoms. The number of likely N-dealkylation sites (tertiary alicyclic amines) is 1. The van der Waals surface area contributed by atoms with Crippen LogP contribution in [0.25, 0.3) is 0 Å². The summed E-state index contributed by atoms with van der Waals surface area (Å²) in [5.74, 6) is -0.189. The van der Waals surface area contributed by atoms with Crippen LogP contribution in [0.15, 0.2) is 78.9 Å². The zero-order valence-electron chi connectivity index (χ0n) is 25.7. The van der Waals surface area contributed by atoms with Crippen molar-refractivity contribution >= 4 is 17.7 Å². The fraction of sp³-hybridized carbons (Fsp3) is 0.429. The van der Waals surface area contributed by atoms with Gasteiger partial charge in [-0.1, -0.05) is 66.7 Å². The number of esters is 1. The molecule has 2 amide bonds. The van der Waals surface area contributed by atoms with E-state index >= 15 is 0 Å². The summed E-state index contributed by atoms with van der Waals surface area (Å²) in [7, 11) is 0. The molecule has 0 bridgehead atoms. The molecule has 0 unspecified atom stereocenters. The van der Waals surface area contributed by atoms with E-state index < -0.39 is 11.9 Å². The van der Waals surface area contributed by atoms with Crippen molar-refractivity contribution in [1.82, 2.24) is 10.2 Å². The maximum absolute atomic E-state index is 13.0. The van der Waals surface area contributed by atoms with Gasteiger partial charge in [0.05, 0.1) is 18.8 Å². The van der Waals surface area contributed by atoms with Gasteiger partial charge in [0, 0.05) is 30.8 Å². The summed E-state index contributed by atoms with van der Waals surface area (Å²) in [5, 5.41) is 15.2. The molecule has 0 saturated carbocycles. The van der Waals surface area contributed by atoms with Crippen LogP contribution in [0.5, 0.6) is 0 Å². The number of anilines is 1. The van der Waals surface area contributed by atoms with Crippen LogP contribution in [0.4, 0.5) is 10.5 Å². The highest BCUT2D eigenvalue weighted by molar-refractivity contribution is 5.89. The second-order valence-electron chi connectivity index (χ2n) is 12.5.